The molecule has 0 aliphatic carbocycles. The lowest BCUT2D eigenvalue weighted by Crippen LogP contribution is -2.51. The summed E-state index contributed by atoms with van der Waals surface area (Å²) in [5.41, 5.74) is 3.98. The molecular formula is C29H27N9O3. The molecule has 41 heavy (non-hydrogen) atoms. The summed E-state index contributed by atoms with van der Waals surface area (Å²) in [4.78, 5) is 46.2. The van der Waals surface area contributed by atoms with E-state index in [-0.39, 0.29) is 24.2 Å². The van der Waals surface area contributed by atoms with Gasteiger partial charge in [0.05, 0.1) is 28.6 Å². The predicted octanol–water partition coefficient (Wildman–Crippen LogP) is 2.05. The van der Waals surface area contributed by atoms with Gasteiger partial charge in [0.25, 0.3) is 0 Å². The number of nitrogens with zero attached hydrogens (tertiary/aromatic N) is 8. The number of hydrogen-bond acceptors (Lipinski definition) is 8. The summed E-state index contributed by atoms with van der Waals surface area (Å²) in [6.45, 7) is 2.10. The van der Waals surface area contributed by atoms with E-state index in [0.717, 1.165) is 22.0 Å². The zero-order valence-electron chi connectivity index (χ0n) is 22.1. The number of carbonyl (C=O) groups is 1. The van der Waals surface area contributed by atoms with E-state index in [0.29, 0.717) is 61.7 Å². The SMILES string of the molecule is N#Cc1cccc(-c2cn(CC(=O)N3CCC(n4c(=O)[nH]c5ncccc54)CC3)c3ncnc(N4CC(O)C4)c23)c1. The maximum Gasteiger partial charge on any atom is 0.327 e. The number of nitrogens with one attached hydrogen (secondary N) is 1. The number of fused-ring (bicyclic) bond motifs is 2. The van der Waals surface area contributed by atoms with Gasteiger partial charge < -0.3 is 19.5 Å². The average molecular weight is 550 g/mol. The number of β-amino-alcohol motifs (C(OH)–C–C–N with tert-alkyl or cyclic N) is 1. The van der Waals surface area contributed by atoms with Crippen LogP contribution in [-0.4, -0.2) is 77.3 Å². The fourth-order valence-electron chi connectivity index (χ4n) is 6.01. The van der Waals surface area contributed by atoms with E-state index in [2.05, 4.69) is 26.0 Å². The number of piperidine rings is 1. The number of hydrogen-bond donors (Lipinski definition) is 2. The molecule has 12 nitrogen and oxygen atoms in total. The Hall–Kier alpha value is -5.02. The maximum absolute atomic E-state index is 13.5. The summed E-state index contributed by atoms with van der Waals surface area (Å²) in [7, 11) is 0. The Morgan fingerprint density at radius 2 is 1.95 bits per heavy atom. The van der Waals surface area contributed by atoms with Crippen LogP contribution in [0.4, 0.5) is 5.82 Å². The molecule has 6 heterocycles. The second kappa shape index (κ2) is 9.87. The molecule has 2 aliphatic rings. The fourth-order valence-corrected chi connectivity index (χ4v) is 6.01. The third kappa shape index (κ3) is 4.31. The number of benzene rings is 1. The number of H-pyrrole nitrogens is 1. The van der Waals surface area contributed by atoms with Gasteiger partial charge in [0.15, 0.2) is 5.65 Å². The standard InChI is InChI=1S/C29H27N9O3/c30-12-18-3-1-4-19(11-18)22-15-37(28-25(22)27(32-17-33-28)36-13-21(39)14-36)16-24(40)35-9-6-20(7-10-35)38-23-5-2-8-31-26(23)34-29(38)41/h1-5,8,11,15,17,20-21,39H,6-7,9-10,13-14,16H2,(H,31,34,41). The van der Waals surface area contributed by atoms with Gasteiger partial charge in [-0.25, -0.2) is 19.7 Å². The first kappa shape index (κ1) is 25.0. The number of aliphatic hydroxyl groups excluding tert-OH is 1. The Morgan fingerprint density at radius 1 is 1.12 bits per heavy atom. The number of likely N-dealkylation sites (tertiary alicyclic amines) is 1. The van der Waals surface area contributed by atoms with E-state index in [1.54, 1.807) is 16.8 Å². The molecule has 2 saturated heterocycles. The summed E-state index contributed by atoms with van der Waals surface area (Å²) in [5, 5.41) is 20.2. The number of aromatic amines is 1. The Morgan fingerprint density at radius 3 is 2.73 bits per heavy atom. The molecule has 1 amide bonds. The molecule has 2 fully saturated rings. The Labute approximate surface area is 234 Å². The van der Waals surface area contributed by atoms with Crippen LogP contribution in [0.15, 0.2) is 59.9 Å². The Kier molecular flexibility index (Phi) is 6.01. The molecule has 0 bridgehead atoms. The number of rotatable bonds is 5. The Bertz CT molecular complexity index is 1890. The van der Waals surface area contributed by atoms with Crippen molar-refractivity contribution >= 4 is 33.9 Å². The van der Waals surface area contributed by atoms with Crippen molar-refractivity contribution in [1.29, 1.82) is 5.26 Å². The summed E-state index contributed by atoms with van der Waals surface area (Å²) in [5.74, 6) is 0.661. The quantitative estimate of drug-likeness (QED) is 0.338. The second-order valence-corrected chi connectivity index (χ2v) is 10.6. The topological polar surface area (TPSA) is 149 Å². The molecule has 2 aliphatic heterocycles. The lowest BCUT2D eigenvalue weighted by Gasteiger charge is -2.37. The number of carbonyl (C=O) groups excluding carboxylic acids is 1. The average Bonchev–Trinajstić information content (AvgIpc) is 3.52. The summed E-state index contributed by atoms with van der Waals surface area (Å²) in [6.07, 6.45) is 5.96. The monoisotopic (exact) mass is 549 g/mol. The minimum absolute atomic E-state index is 0.0156. The fraction of sp³-hybridized carbons (Fsp3) is 0.310. The third-order valence-electron chi connectivity index (χ3n) is 8.08. The van der Waals surface area contributed by atoms with Crippen LogP contribution >= 0.6 is 0 Å². The van der Waals surface area contributed by atoms with E-state index in [1.165, 1.54) is 6.33 Å². The molecule has 12 heteroatoms. The van der Waals surface area contributed by atoms with Gasteiger partial charge in [0.1, 0.15) is 24.3 Å². The molecule has 2 N–H and O–H groups in total. The van der Waals surface area contributed by atoms with Crippen LogP contribution in [0.3, 0.4) is 0 Å². The highest BCUT2D eigenvalue weighted by atomic mass is 16.3. The van der Waals surface area contributed by atoms with Crippen molar-refractivity contribution in [2.75, 3.05) is 31.1 Å². The molecule has 4 aromatic heterocycles. The molecule has 1 aromatic carbocycles. The third-order valence-corrected chi connectivity index (χ3v) is 8.08. The van der Waals surface area contributed by atoms with E-state index < -0.39 is 6.10 Å². The van der Waals surface area contributed by atoms with E-state index in [1.807, 2.05) is 50.9 Å². The maximum atomic E-state index is 13.5. The smallest absolute Gasteiger partial charge is 0.327 e. The summed E-state index contributed by atoms with van der Waals surface area (Å²) >= 11 is 0. The van der Waals surface area contributed by atoms with Gasteiger partial charge in [-0.2, -0.15) is 5.26 Å². The highest BCUT2D eigenvalue weighted by Crippen LogP contribution is 2.37. The van der Waals surface area contributed by atoms with Crippen LogP contribution in [0.25, 0.3) is 33.3 Å². The van der Waals surface area contributed by atoms with Crippen molar-refractivity contribution < 1.29 is 9.90 Å². The minimum atomic E-state index is -0.409. The summed E-state index contributed by atoms with van der Waals surface area (Å²) in [6, 6.07) is 13.2. The van der Waals surface area contributed by atoms with Crippen LogP contribution in [0.2, 0.25) is 0 Å². The lowest BCUT2D eigenvalue weighted by molar-refractivity contribution is -0.133. The molecule has 0 radical (unpaired) electrons. The lowest BCUT2D eigenvalue weighted by atomic mass is 10.0. The zero-order chi connectivity index (χ0) is 28.1. The molecule has 5 aromatic rings. The van der Waals surface area contributed by atoms with Gasteiger partial charge in [-0.3, -0.25) is 14.3 Å². The molecule has 0 atom stereocenters. The van der Waals surface area contributed by atoms with Crippen molar-refractivity contribution in [2.24, 2.45) is 0 Å². The van der Waals surface area contributed by atoms with E-state index >= 15 is 0 Å². The highest BCUT2D eigenvalue weighted by molar-refractivity contribution is 6.02. The molecule has 206 valence electrons. The number of aromatic nitrogens is 6. The first-order valence-electron chi connectivity index (χ1n) is 13.6. The molecule has 0 unspecified atom stereocenters. The predicted molar refractivity (Wildman–Crippen MR) is 151 cm³/mol. The van der Waals surface area contributed by atoms with Gasteiger partial charge in [-0.15, -0.1) is 0 Å². The van der Waals surface area contributed by atoms with Crippen molar-refractivity contribution in [1.82, 2.24) is 34.0 Å². The van der Waals surface area contributed by atoms with Gasteiger partial charge in [-0.05, 0) is 42.7 Å². The Balaban J connectivity index is 1.17. The molecular weight excluding hydrogens is 522 g/mol. The summed E-state index contributed by atoms with van der Waals surface area (Å²) < 4.78 is 3.60. The van der Waals surface area contributed by atoms with Crippen molar-refractivity contribution in [3.63, 3.8) is 0 Å². The molecule has 0 saturated carbocycles. The molecule has 0 spiro atoms. The normalized spacial score (nSPS) is 16.3. The van der Waals surface area contributed by atoms with Gasteiger partial charge in [0, 0.05) is 50.2 Å². The van der Waals surface area contributed by atoms with E-state index in [4.69, 9.17) is 0 Å². The van der Waals surface area contributed by atoms with Gasteiger partial charge >= 0.3 is 5.69 Å². The van der Waals surface area contributed by atoms with Crippen molar-refractivity contribution in [2.45, 2.75) is 31.5 Å². The van der Waals surface area contributed by atoms with Crippen LogP contribution in [0.1, 0.15) is 24.4 Å². The van der Waals surface area contributed by atoms with Crippen molar-refractivity contribution in [3.8, 4) is 17.2 Å². The van der Waals surface area contributed by atoms with Crippen LogP contribution in [0.5, 0.6) is 0 Å². The van der Waals surface area contributed by atoms with Crippen LogP contribution < -0.4 is 10.6 Å². The minimum Gasteiger partial charge on any atom is -0.389 e. The number of amides is 1. The number of anilines is 1. The van der Waals surface area contributed by atoms with Crippen molar-refractivity contribution in [3.05, 3.63) is 71.2 Å². The van der Waals surface area contributed by atoms with Crippen LogP contribution in [0, 0.1) is 11.3 Å². The number of imidazole rings is 1. The second-order valence-electron chi connectivity index (χ2n) is 10.6. The number of aliphatic hydroxyl groups is 1. The van der Waals surface area contributed by atoms with E-state index in [9.17, 15) is 20.0 Å². The number of pyridine rings is 1. The van der Waals surface area contributed by atoms with Crippen LogP contribution in [-0.2, 0) is 11.3 Å². The first-order chi connectivity index (χ1) is 20.0. The van der Waals surface area contributed by atoms with Gasteiger partial charge in [-0.1, -0.05) is 12.1 Å². The molecule has 7 rings (SSSR count). The first-order valence-corrected chi connectivity index (χ1v) is 13.6. The largest absolute Gasteiger partial charge is 0.389 e. The van der Waals surface area contributed by atoms with Gasteiger partial charge in [0.2, 0.25) is 5.91 Å². The zero-order valence-corrected chi connectivity index (χ0v) is 22.1. The number of nitriles is 1. The highest BCUT2D eigenvalue weighted by Gasteiger charge is 2.31.